The van der Waals surface area contributed by atoms with Crippen LogP contribution in [0.2, 0.25) is 0 Å². The molecule has 2 heterocycles. The molecule has 2 aromatic heterocycles. The summed E-state index contributed by atoms with van der Waals surface area (Å²) in [6.07, 6.45) is 0. The Bertz CT molecular complexity index is 1320. The lowest BCUT2D eigenvalue weighted by Gasteiger charge is -2.14. The van der Waals surface area contributed by atoms with E-state index in [4.69, 9.17) is 4.74 Å². The van der Waals surface area contributed by atoms with E-state index in [0.717, 1.165) is 43.6 Å². The molecule has 1 amide bonds. The third-order valence-corrected chi connectivity index (χ3v) is 5.82. The first-order chi connectivity index (χ1) is 13.9. The van der Waals surface area contributed by atoms with Crippen LogP contribution in [-0.2, 0) is 11.3 Å². The van der Waals surface area contributed by atoms with Crippen LogP contribution in [0.4, 0.5) is 5.13 Å². The molecule has 1 N–H and O–H groups in total. The number of anilines is 1. The number of aryl methyl sites for hydroxylation is 3. The fraction of sp³-hybridized carbons (Fsp3) is 0.227. The number of pyridine rings is 1. The molecule has 2 aromatic carbocycles. The first-order valence-electron chi connectivity index (χ1n) is 9.21. The number of hydrogen-bond acceptors (Lipinski definition) is 5. The van der Waals surface area contributed by atoms with Gasteiger partial charge in [-0.1, -0.05) is 23.0 Å². The molecular formula is C22H21N3O3S. The van der Waals surface area contributed by atoms with Crippen LogP contribution < -0.4 is 15.6 Å². The zero-order chi connectivity index (χ0) is 20.7. The van der Waals surface area contributed by atoms with Gasteiger partial charge in [0.25, 0.3) is 5.56 Å². The molecule has 0 saturated heterocycles. The number of carbonyl (C=O) groups is 1. The van der Waals surface area contributed by atoms with E-state index in [9.17, 15) is 9.59 Å². The lowest BCUT2D eigenvalue weighted by atomic mass is 10.0. The lowest BCUT2D eigenvalue weighted by molar-refractivity contribution is -0.116. The predicted molar refractivity (Wildman–Crippen MR) is 117 cm³/mol. The van der Waals surface area contributed by atoms with Gasteiger partial charge in [0, 0.05) is 11.5 Å². The Balaban J connectivity index is 1.67. The second kappa shape index (κ2) is 7.33. The Labute approximate surface area is 171 Å². The van der Waals surface area contributed by atoms with Crippen LogP contribution in [0.5, 0.6) is 5.75 Å². The summed E-state index contributed by atoms with van der Waals surface area (Å²) in [7, 11) is 1.61. The number of thiazole rings is 1. The number of amides is 1. The van der Waals surface area contributed by atoms with Crippen LogP contribution in [0.1, 0.15) is 16.7 Å². The Kier molecular flexibility index (Phi) is 4.84. The van der Waals surface area contributed by atoms with Gasteiger partial charge in [0.1, 0.15) is 12.3 Å². The SMILES string of the molecule is COc1ccc2nc(NC(=O)Cn3c(=O)cc(C)c4cc(C)cc(C)c43)sc2c1. The van der Waals surface area contributed by atoms with Gasteiger partial charge in [-0.3, -0.25) is 14.2 Å². The van der Waals surface area contributed by atoms with Gasteiger partial charge < -0.3 is 10.1 Å². The lowest BCUT2D eigenvalue weighted by Crippen LogP contribution is -2.28. The minimum absolute atomic E-state index is 0.0707. The van der Waals surface area contributed by atoms with Crippen LogP contribution in [-0.4, -0.2) is 22.6 Å². The molecular weight excluding hydrogens is 386 g/mol. The summed E-state index contributed by atoms with van der Waals surface area (Å²) in [4.78, 5) is 29.8. The van der Waals surface area contributed by atoms with Crippen molar-refractivity contribution in [2.75, 3.05) is 12.4 Å². The molecule has 29 heavy (non-hydrogen) atoms. The maximum Gasteiger partial charge on any atom is 0.251 e. The van der Waals surface area contributed by atoms with Gasteiger partial charge in [0.2, 0.25) is 5.91 Å². The topological polar surface area (TPSA) is 73.2 Å². The van der Waals surface area contributed by atoms with Gasteiger partial charge in [0.15, 0.2) is 5.13 Å². The van der Waals surface area contributed by atoms with Crippen LogP contribution >= 0.6 is 11.3 Å². The van der Waals surface area contributed by atoms with Crippen molar-refractivity contribution in [3.63, 3.8) is 0 Å². The first-order valence-corrected chi connectivity index (χ1v) is 10.0. The molecule has 0 aliphatic rings. The Morgan fingerprint density at radius 1 is 1.14 bits per heavy atom. The highest BCUT2D eigenvalue weighted by Gasteiger charge is 2.14. The fourth-order valence-electron chi connectivity index (χ4n) is 3.61. The van der Waals surface area contributed by atoms with E-state index < -0.39 is 0 Å². The third-order valence-electron chi connectivity index (χ3n) is 4.89. The molecule has 6 nitrogen and oxygen atoms in total. The summed E-state index contributed by atoms with van der Waals surface area (Å²) in [5.41, 5.74) is 4.40. The molecule has 4 aromatic rings. The number of methoxy groups -OCH3 is 1. The van der Waals surface area contributed by atoms with E-state index >= 15 is 0 Å². The van der Waals surface area contributed by atoms with Crippen molar-refractivity contribution >= 4 is 43.5 Å². The van der Waals surface area contributed by atoms with Crippen molar-refractivity contribution in [3.8, 4) is 5.75 Å². The average Bonchev–Trinajstić information content (AvgIpc) is 3.06. The summed E-state index contributed by atoms with van der Waals surface area (Å²) in [5, 5.41) is 4.31. The number of fused-ring (bicyclic) bond motifs is 2. The molecule has 0 aliphatic heterocycles. The number of aromatic nitrogens is 2. The van der Waals surface area contributed by atoms with E-state index in [1.165, 1.54) is 15.9 Å². The molecule has 0 bridgehead atoms. The molecule has 0 aliphatic carbocycles. The Hall–Kier alpha value is -3.19. The molecule has 148 valence electrons. The van der Waals surface area contributed by atoms with Gasteiger partial charge in [0.05, 0.1) is 22.8 Å². The second-order valence-electron chi connectivity index (χ2n) is 7.13. The normalized spacial score (nSPS) is 11.2. The number of rotatable bonds is 4. The number of hydrogen-bond donors (Lipinski definition) is 1. The number of carbonyl (C=O) groups excluding carboxylic acids is 1. The minimum Gasteiger partial charge on any atom is -0.497 e. The summed E-state index contributed by atoms with van der Waals surface area (Å²) >= 11 is 1.37. The predicted octanol–water partition coefficient (Wildman–Crippen LogP) is 4.18. The second-order valence-corrected chi connectivity index (χ2v) is 8.16. The maximum absolute atomic E-state index is 12.7. The summed E-state index contributed by atoms with van der Waals surface area (Å²) in [6, 6.07) is 11.2. The molecule has 7 heteroatoms. The van der Waals surface area contributed by atoms with E-state index in [1.54, 1.807) is 13.2 Å². The smallest absolute Gasteiger partial charge is 0.251 e. The first kappa shape index (κ1) is 19.1. The van der Waals surface area contributed by atoms with Crippen LogP contribution in [0.25, 0.3) is 21.1 Å². The van der Waals surface area contributed by atoms with Gasteiger partial charge in [-0.25, -0.2) is 4.98 Å². The molecule has 4 rings (SSSR count). The van der Waals surface area contributed by atoms with E-state index in [0.29, 0.717) is 5.13 Å². The van der Waals surface area contributed by atoms with Gasteiger partial charge in [-0.2, -0.15) is 0 Å². The maximum atomic E-state index is 12.7. The van der Waals surface area contributed by atoms with Crippen molar-refractivity contribution in [3.05, 3.63) is 63.4 Å². The minimum atomic E-state index is -0.289. The van der Waals surface area contributed by atoms with Crippen molar-refractivity contribution in [2.24, 2.45) is 0 Å². The number of nitrogens with zero attached hydrogens (tertiary/aromatic N) is 2. The van der Waals surface area contributed by atoms with Gasteiger partial charge >= 0.3 is 0 Å². The highest BCUT2D eigenvalue weighted by atomic mass is 32.1. The monoisotopic (exact) mass is 407 g/mol. The van der Waals surface area contributed by atoms with Crippen molar-refractivity contribution in [2.45, 2.75) is 27.3 Å². The molecule has 0 atom stereocenters. The summed E-state index contributed by atoms with van der Waals surface area (Å²) < 4.78 is 7.68. The fourth-order valence-corrected chi connectivity index (χ4v) is 4.53. The van der Waals surface area contributed by atoms with Gasteiger partial charge in [-0.05, 0) is 56.2 Å². The quantitative estimate of drug-likeness (QED) is 0.551. The number of benzene rings is 2. The largest absolute Gasteiger partial charge is 0.497 e. The summed E-state index contributed by atoms with van der Waals surface area (Å²) in [6.45, 7) is 5.83. The van der Waals surface area contributed by atoms with Crippen molar-refractivity contribution in [1.29, 1.82) is 0 Å². The van der Waals surface area contributed by atoms with Crippen LogP contribution in [0, 0.1) is 20.8 Å². The Morgan fingerprint density at radius 2 is 1.93 bits per heavy atom. The zero-order valence-corrected chi connectivity index (χ0v) is 17.5. The van der Waals surface area contributed by atoms with Gasteiger partial charge in [-0.15, -0.1) is 0 Å². The highest BCUT2D eigenvalue weighted by Crippen LogP contribution is 2.29. The highest BCUT2D eigenvalue weighted by molar-refractivity contribution is 7.22. The number of nitrogens with one attached hydrogen (secondary N) is 1. The van der Waals surface area contributed by atoms with Crippen LogP contribution in [0.15, 0.2) is 41.2 Å². The molecule has 0 unspecified atom stereocenters. The van der Waals surface area contributed by atoms with Crippen LogP contribution in [0.3, 0.4) is 0 Å². The Morgan fingerprint density at radius 3 is 2.69 bits per heavy atom. The van der Waals surface area contributed by atoms with Crippen molar-refractivity contribution in [1.82, 2.24) is 9.55 Å². The molecule has 0 fully saturated rings. The average molecular weight is 407 g/mol. The summed E-state index contributed by atoms with van der Waals surface area (Å²) in [5.74, 6) is 0.450. The molecule has 0 saturated carbocycles. The molecule has 0 spiro atoms. The molecule has 0 radical (unpaired) electrons. The third kappa shape index (κ3) is 3.61. The van der Waals surface area contributed by atoms with E-state index in [-0.39, 0.29) is 18.0 Å². The number of ether oxygens (including phenoxy) is 1. The zero-order valence-electron chi connectivity index (χ0n) is 16.7. The van der Waals surface area contributed by atoms with E-state index in [1.807, 2.05) is 51.1 Å². The standard InChI is InChI=1S/C22H21N3O3S/c1-12-7-14(3)21-16(8-12)13(2)9-20(27)25(21)11-19(26)24-22-23-17-6-5-15(28-4)10-18(17)29-22/h5-10H,11H2,1-4H3,(H,23,24,26). The van der Waals surface area contributed by atoms with Crippen molar-refractivity contribution < 1.29 is 9.53 Å². The van der Waals surface area contributed by atoms with E-state index in [2.05, 4.69) is 10.3 Å².